The number of esters is 2. The number of benzene rings is 1. The number of carbonyl (C=O) groups excluding carboxylic acids is 4. The zero-order valence-corrected chi connectivity index (χ0v) is 23.8. The number of ether oxygens (including phenoxy) is 2. The molecule has 0 aliphatic heterocycles. The quantitative estimate of drug-likeness (QED) is 0.170. The van der Waals surface area contributed by atoms with Crippen LogP contribution in [-0.2, 0) is 19.2 Å². The fourth-order valence-electron chi connectivity index (χ4n) is 5.95. The van der Waals surface area contributed by atoms with Crippen LogP contribution in [0.5, 0.6) is 11.5 Å². The van der Waals surface area contributed by atoms with Crippen molar-refractivity contribution in [2.45, 2.75) is 65.2 Å². The minimum absolute atomic E-state index is 0.00655. The molecular formula is C31H31NO8S. The number of furan rings is 2. The summed E-state index contributed by atoms with van der Waals surface area (Å²) < 4.78 is 23.5. The molecule has 9 nitrogen and oxygen atoms in total. The van der Waals surface area contributed by atoms with Gasteiger partial charge in [-0.15, -0.1) is 11.3 Å². The maximum absolute atomic E-state index is 13.1. The lowest BCUT2D eigenvalue weighted by molar-refractivity contribution is -0.141. The van der Waals surface area contributed by atoms with Gasteiger partial charge in [0.1, 0.15) is 21.8 Å². The Morgan fingerprint density at radius 1 is 0.780 bits per heavy atom. The zero-order chi connectivity index (χ0) is 28.7. The van der Waals surface area contributed by atoms with E-state index in [0.717, 1.165) is 5.39 Å². The van der Waals surface area contributed by atoms with Crippen LogP contribution >= 0.6 is 11.3 Å². The molecule has 0 spiro atoms. The number of carbonyl (C=O) groups is 4. The minimum atomic E-state index is -0.356. The van der Waals surface area contributed by atoms with E-state index in [1.54, 1.807) is 38.3 Å². The van der Waals surface area contributed by atoms with Gasteiger partial charge in [0.05, 0.1) is 23.5 Å². The molecular weight excluding hydrogens is 546 g/mol. The summed E-state index contributed by atoms with van der Waals surface area (Å²) >= 11 is 1.27. The summed E-state index contributed by atoms with van der Waals surface area (Å²) in [6.07, 6.45) is 6.65. The fourth-order valence-corrected chi connectivity index (χ4v) is 6.94. The number of Topliss-reactive ketones (excluding diaryl/α,β-unsaturated/α-hetero) is 2. The molecule has 1 aromatic carbocycles. The Hall–Kier alpha value is -3.79. The molecule has 0 amide bonds. The predicted molar refractivity (Wildman–Crippen MR) is 151 cm³/mol. The van der Waals surface area contributed by atoms with Gasteiger partial charge in [0.15, 0.2) is 22.3 Å². The van der Waals surface area contributed by atoms with Crippen LogP contribution in [0, 0.1) is 23.7 Å². The molecule has 10 heteroatoms. The van der Waals surface area contributed by atoms with E-state index in [-0.39, 0.29) is 52.9 Å². The Labute approximate surface area is 240 Å². The Morgan fingerprint density at radius 3 is 1.88 bits per heavy atom. The molecule has 2 saturated carbocycles. The van der Waals surface area contributed by atoms with Crippen LogP contribution in [0.1, 0.15) is 65.2 Å². The van der Waals surface area contributed by atoms with Crippen molar-refractivity contribution >= 4 is 56.2 Å². The van der Waals surface area contributed by atoms with Gasteiger partial charge in [-0.25, -0.2) is 4.98 Å². The van der Waals surface area contributed by atoms with Gasteiger partial charge < -0.3 is 18.3 Å². The standard InChI is InChI=1S/C31H31NO8S/c1-16(33)18-3-7-20(8-4-18)29(35)38-23-11-12-24(39-30(36)21-9-5-19(6-10-21)17(2)34)27-26(23)32-28(41-27)25-15-22-13-14-37-31(22)40-25/h11-15,18-21H,3-10H2,1-2H3. The number of rotatable bonds is 7. The van der Waals surface area contributed by atoms with Crippen molar-refractivity contribution in [3.8, 4) is 22.3 Å². The summed E-state index contributed by atoms with van der Waals surface area (Å²) in [6, 6.07) is 6.84. The Balaban J connectivity index is 1.27. The summed E-state index contributed by atoms with van der Waals surface area (Å²) in [5.41, 5.74) is 0.398. The molecule has 2 aliphatic carbocycles. The molecule has 2 fully saturated rings. The highest BCUT2D eigenvalue weighted by Gasteiger charge is 2.32. The molecule has 0 atom stereocenters. The average molecular weight is 578 g/mol. The highest BCUT2D eigenvalue weighted by molar-refractivity contribution is 7.22. The first-order chi connectivity index (χ1) is 19.8. The van der Waals surface area contributed by atoms with Crippen molar-refractivity contribution in [3.63, 3.8) is 0 Å². The third-order valence-electron chi connectivity index (χ3n) is 8.52. The first-order valence-corrected chi connectivity index (χ1v) is 14.9. The maximum Gasteiger partial charge on any atom is 0.314 e. The normalized spacial score (nSPS) is 23.0. The molecule has 0 radical (unpaired) electrons. The van der Waals surface area contributed by atoms with Crippen molar-refractivity contribution in [2.75, 3.05) is 0 Å². The molecule has 0 bridgehead atoms. The molecule has 41 heavy (non-hydrogen) atoms. The lowest BCUT2D eigenvalue weighted by atomic mass is 9.80. The molecule has 3 heterocycles. The first kappa shape index (κ1) is 27.4. The third-order valence-corrected chi connectivity index (χ3v) is 9.61. The summed E-state index contributed by atoms with van der Waals surface area (Å²) in [7, 11) is 0. The van der Waals surface area contributed by atoms with E-state index in [1.807, 2.05) is 6.07 Å². The van der Waals surface area contributed by atoms with Crippen molar-refractivity contribution in [1.82, 2.24) is 4.98 Å². The largest absolute Gasteiger partial charge is 0.433 e. The van der Waals surface area contributed by atoms with Crippen LogP contribution in [0.4, 0.5) is 0 Å². The van der Waals surface area contributed by atoms with Gasteiger partial charge in [-0.05, 0) is 89.5 Å². The van der Waals surface area contributed by atoms with E-state index < -0.39 is 0 Å². The molecule has 2 aliphatic rings. The number of aromatic nitrogens is 1. The van der Waals surface area contributed by atoms with E-state index in [2.05, 4.69) is 0 Å². The first-order valence-electron chi connectivity index (χ1n) is 14.1. The molecule has 0 N–H and O–H groups in total. The van der Waals surface area contributed by atoms with Gasteiger partial charge >= 0.3 is 11.9 Å². The molecule has 0 unspecified atom stereocenters. The van der Waals surface area contributed by atoms with Gasteiger partial charge in [-0.2, -0.15) is 0 Å². The number of ketones is 2. The van der Waals surface area contributed by atoms with Crippen LogP contribution in [0.3, 0.4) is 0 Å². The van der Waals surface area contributed by atoms with E-state index in [1.165, 1.54) is 11.3 Å². The summed E-state index contributed by atoms with van der Waals surface area (Å²) in [5.74, 6) is 0.537. The van der Waals surface area contributed by atoms with Gasteiger partial charge in [0, 0.05) is 11.8 Å². The van der Waals surface area contributed by atoms with Crippen LogP contribution in [0.25, 0.3) is 32.2 Å². The highest BCUT2D eigenvalue weighted by atomic mass is 32.1. The van der Waals surface area contributed by atoms with Gasteiger partial charge in [-0.3, -0.25) is 19.2 Å². The van der Waals surface area contributed by atoms with Crippen LogP contribution in [0.15, 0.2) is 39.4 Å². The van der Waals surface area contributed by atoms with Crippen LogP contribution < -0.4 is 9.47 Å². The summed E-state index contributed by atoms with van der Waals surface area (Å²) in [4.78, 5) is 54.5. The number of nitrogens with zero attached hydrogens (tertiary/aromatic N) is 1. The van der Waals surface area contributed by atoms with Crippen molar-refractivity contribution < 1.29 is 37.5 Å². The lowest BCUT2D eigenvalue weighted by Crippen LogP contribution is -2.28. The second-order valence-electron chi connectivity index (χ2n) is 11.2. The minimum Gasteiger partial charge on any atom is -0.433 e. The average Bonchev–Trinajstić information content (AvgIpc) is 3.70. The predicted octanol–water partition coefficient (Wildman–Crippen LogP) is 6.90. The molecule has 4 aromatic rings. The number of fused-ring (bicyclic) bond motifs is 2. The smallest absolute Gasteiger partial charge is 0.314 e. The number of thiazole rings is 1. The number of hydrogen-bond acceptors (Lipinski definition) is 10. The Morgan fingerprint density at radius 2 is 1.32 bits per heavy atom. The topological polar surface area (TPSA) is 126 Å². The maximum atomic E-state index is 13.1. The number of hydrogen-bond donors (Lipinski definition) is 0. The van der Waals surface area contributed by atoms with Gasteiger partial charge in [-0.1, -0.05) is 0 Å². The SMILES string of the molecule is CC(=O)C1CCC(C(=O)Oc2ccc(OC(=O)C3CCC(C(C)=O)CC3)c3sc(-c4cc5ccoc5o4)nc23)CC1. The Kier molecular flexibility index (Phi) is 7.50. The van der Waals surface area contributed by atoms with Crippen molar-refractivity contribution in [2.24, 2.45) is 23.7 Å². The van der Waals surface area contributed by atoms with E-state index in [0.29, 0.717) is 83.9 Å². The second-order valence-corrected chi connectivity index (χ2v) is 12.2. The van der Waals surface area contributed by atoms with Crippen molar-refractivity contribution in [1.29, 1.82) is 0 Å². The summed E-state index contributed by atoms with van der Waals surface area (Å²) in [6.45, 7) is 3.20. The molecule has 214 valence electrons. The van der Waals surface area contributed by atoms with Crippen LogP contribution in [-0.4, -0.2) is 28.5 Å². The fraction of sp³-hybridized carbons (Fsp3) is 0.452. The third kappa shape index (κ3) is 5.57. The van der Waals surface area contributed by atoms with Crippen LogP contribution in [0.2, 0.25) is 0 Å². The Bertz CT molecular complexity index is 1510. The second kappa shape index (κ2) is 11.2. The molecule has 6 rings (SSSR count). The zero-order valence-electron chi connectivity index (χ0n) is 23.0. The van der Waals surface area contributed by atoms with Crippen molar-refractivity contribution in [3.05, 3.63) is 30.5 Å². The van der Waals surface area contributed by atoms with Gasteiger partial charge in [0.2, 0.25) is 0 Å². The molecule has 0 saturated heterocycles. The van der Waals surface area contributed by atoms with Gasteiger partial charge in [0.25, 0.3) is 5.78 Å². The lowest BCUT2D eigenvalue weighted by Gasteiger charge is -2.25. The van der Waals surface area contributed by atoms with E-state index in [4.69, 9.17) is 23.3 Å². The highest BCUT2D eigenvalue weighted by Crippen LogP contribution is 2.43. The van der Waals surface area contributed by atoms with E-state index >= 15 is 0 Å². The molecule has 3 aromatic heterocycles. The summed E-state index contributed by atoms with van der Waals surface area (Å²) in [5, 5.41) is 1.32. The monoisotopic (exact) mass is 577 g/mol. The van der Waals surface area contributed by atoms with E-state index in [9.17, 15) is 19.2 Å².